The van der Waals surface area contributed by atoms with Gasteiger partial charge in [0, 0.05) is 18.1 Å². The molecule has 2 N–H and O–H groups in total. The summed E-state index contributed by atoms with van der Waals surface area (Å²) in [6, 6.07) is 33.4. The van der Waals surface area contributed by atoms with Crippen LogP contribution < -0.4 is 10.4 Å². The Kier molecular flexibility index (Phi) is 9.92. The molecule has 48 heavy (non-hydrogen) atoms. The molecule has 2 aliphatic heterocycles. The van der Waals surface area contributed by atoms with Crippen molar-refractivity contribution in [1.29, 1.82) is 0 Å². The minimum atomic E-state index is -3.58. The van der Waals surface area contributed by atoms with Crippen molar-refractivity contribution in [3.05, 3.63) is 132 Å². The van der Waals surface area contributed by atoms with Crippen molar-refractivity contribution in [2.24, 2.45) is 0 Å². The van der Waals surface area contributed by atoms with Gasteiger partial charge in [0.2, 0.25) is 0 Å². The minimum absolute atomic E-state index is 0.00228. The highest BCUT2D eigenvalue weighted by Gasteiger charge is 2.52. The van der Waals surface area contributed by atoms with E-state index >= 15 is 0 Å². The van der Waals surface area contributed by atoms with Crippen molar-refractivity contribution in [1.82, 2.24) is 4.98 Å². The minimum Gasteiger partial charge on any atom is -0.507 e. The van der Waals surface area contributed by atoms with E-state index in [-0.39, 0.29) is 29.5 Å². The Morgan fingerprint density at radius 3 is 2.19 bits per heavy atom. The summed E-state index contributed by atoms with van der Waals surface area (Å²) >= 11 is 0. The number of aromatic nitrogens is 1. The normalized spacial score (nSPS) is 19.8. The van der Waals surface area contributed by atoms with E-state index in [0.717, 1.165) is 21.6 Å². The first-order chi connectivity index (χ1) is 23.0. The fourth-order valence-corrected chi connectivity index (χ4v) is 13.9. The quantitative estimate of drug-likeness (QED) is 0.165. The van der Waals surface area contributed by atoms with Crippen LogP contribution in [0.25, 0.3) is 11.6 Å². The van der Waals surface area contributed by atoms with Gasteiger partial charge in [0.25, 0.3) is 8.32 Å². The van der Waals surface area contributed by atoms with E-state index < -0.39 is 36.6 Å². The lowest BCUT2D eigenvalue weighted by Gasteiger charge is -2.43. The van der Waals surface area contributed by atoms with E-state index in [1.807, 2.05) is 72.8 Å². The van der Waals surface area contributed by atoms with Gasteiger partial charge in [0.15, 0.2) is 9.84 Å². The van der Waals surface area contributed by atoms with E-state index in [1.165, 1.54) is 0 Å². The lowest BCUT2D eigenvalue weighted by molar-refractivity contribution is 0.170. The van der Waals surface area contributed by atoms with Gasteiger partial charge >= 0.3 is 7.12 Å². The summed E-state index contributed by atoms with van der Waals surface area (Å²) in [6.07, 6.45) is 3.88. The average molecular weight is 680 g/mol. The topological polar surface area (TPSA) is 106 Å². The largest absolute Gasteiger partial charge is 0.507 e. The number of benzene rings is 3. The summed E-state index contributed by atoms with van der Waals surface area (Å²) in [6.45, 7) is 6.74. The number of sulfone groups is 1. The zero-order valence-electron chi connectivity index (χ0n) is 27.6. The van der Waals surface area contributed by atoms with Gasteiger partial charge in [-0.05, 0) is 69.2 Å². The average Bonchev–Trinajstić information content (AvgIpc) is 3.33. The van der Waals surface area contributed by atoms with Crippen LogP contribution in [0.15, 0.2) is 120 Å². The third-order valence-electron chi connectivity index (χ3n) is 9.46. The molecule has 10 heteroatoms. The van der Waals surface area contributed by atoms with Crippen molar-refractivity contribution in [3.8, 4) is 5.75 Å². The first-order valence-electron chi connectivity index (χ1n) is 16.4. The molecule has 0 radical (unpaired) electrons. The molecule has 3 aromatic carbocycles. The molecule has 0 unspecified atom stereocenters. The first kappa shape index (κ1) is 34.1. The molecule has 0 amide bonds. The van der Waals surface area contributed by atoms with Crippen molar-refractivity contribution >= 4 is 47.3 Å². The van der Waals surface area contributed by atoms with Gasteiger partial charge in [-0.2, -0.15) is 0 Å². The van der Waals surface area contributed by atoms with Crippen LogP contribution in [-0.2, 0) is 18.9 Å². The van der Waals surface area contributed by atoms with Gasteiger partial charge in [-0.15, -0.1) is 0 Å². The Balaban J connectivity index is 1.38. The van der Waals surface area contributed by atoms with E-state index in [4.69, 9.17) is 9.08 Å². The molecule has 1 aromatic heterocycles. The van der Waals surface area contributed by atoms with Crippen LogP contribution in [0.3, 0.4) is 0 Å². The maximum Gasteiger partial charge on any atom is 0.456 e. The lowest BCUT2D eigenvalue weighted by atomic mass is 9.74. The van der Waals surface area contributed by atoms with Crippen LogP contribution in [0, 0.1) is 0 Å². The van der Waals surface area contributed by atoms with Crippen LogP contribution in [0.2, 0.25) is 11.4 Å². The van der Waals surface area contributed by atoms with E-state index in [1.54, 1.807) is 18.3 Å². The summed E-state index contributed by atoms with van der Waals surface area (Å²) in [4.78, 5) is 4.56. The molecule has 1 fully saturated rings. The Hall–Kier alpha value is -3.80. The molecule has 0 saturated carbocycles. The summed E-state index contributed by atoms with van der Waals surface area (Å²) < 4.78 is 40.7. The molecular formula is C38H42BNO6SSi. The van der Waals surface area contributed by atoms with Crippen LogP contribution in [0.1, 0.15) is 44.9 Å². The fraction of sp³-hybridized carbons (Fsp3) is 0.289. The number of para-hydroxylation sites is 1. The van der Waals surface area contributed by atoms with Gasteiger partial charge < -0.3 is 19.2 Å². The molecule has 2 atom stereocenters. The maximum absolute atomic E-state index is 13.7. The van der Waals surface area contributed by atoms with Crippen molar-refractivity contribution < 1.29 is 27.6 Å². The van der Waals surface area contributed by atoms with Crippen LogP contribution in [0.5, 0.6) is 5.75 Å². The number of allylic oxidation sites excluding steroid dienone is 1. The fourth-order valence-electron chi connectivity index (χ4n) is 7.27. The third kappa shape index (κ3) is 6.86. The number of phenols is 1. The molecule has 0 aliphatic carbocycles. The smallest absolute Gasteiger partial charge is 0.456 e. The Bertz CT molecular complexity index is 1860. The maximum atomic E-state index is 13.7. The van der Waals surface area contributed by atoms with Crippen LogP contribution >= 0.6 is 0 Å². The van der Waals surface area contributed by atoms with E-state index in [2.05, 4.69) is 50.0 Å². The van der Waals surface area contributed by atoms with Gasteiger partial charge in [0.05, 0.1) is 29.4 Å². The second-order valence-electron chi connectivity index (χ2n) is 13.6. The number of aromatic hydroxyl groups is 1. The molecule has 1 saturated heterocycles. The van der Waals surface area contributed by atoms with Gasteiger partial charge in [-0.3, -0.25) is 4.98 Å². The lowest BCUT2D eigenvalue weighted by Crippen LogP contribution is -2.66. The monoisotopic (exact) mass is 679 g/mol. The number of hydrogen-bond acceptors (Lipinski definition) is 7. The standard InChI is InChI=1S/C38H42BNO6SSi/c1-38(2,3)48(31-15-6-4-7-16-31,32-17-8-5-9-18-32)45-26-30-27-47(43,44)36-25-39(42)46-35(37(30)36)22-21-28(33-19-12-13-23-40-33)24-29-14-10-11-20-34(29)41/h4-20,23-24,35-36,41-42H,21-22,25-27H2,1-3H3/b28-24-/t35-,36+/m1/s1. The number of fused-ring (bicyclic) bond motifs is 1. The SMILES string of the molecule is CC(C)(C)[Si](OCC1=C2[C@@H](CC/C(=C/c3ccccc3O)c3ccccn3)OB(O)C[C@@H]2S(=O)(=O)C1)(c1ccccc1)c1ccccc1. The molecule has 6 rings (SSSR count). The highest BCUT2D eigenvalue weighted by atomic mass is 32.2. The molecular weight excluding hydrogens is 637 g/mol. The van der Waals surface area contributed by atoms with Crippen molar-refractivity contribution in [2.75, 3.05) is 12.4 Å². The van der Waals surface area contributed by atoms with Gasteiger partial charge in [-0.1, -0.05) is 106 Å². The predicted octanol–water partition coefficient (Wildman–Crippen LogP) is 5.66. The third-order valence-corrected chi connectivity index (χ3v) is 16.5. The van der Waals surface area contributed by atoms with Gasteiger partial charge in [0.1, 0.15) is 5.75 Å². The number of pyridine rings is 1. The highest BCUT2D eigenvalue weighted by molar-refractivity contribution is 7.92. The zero-order chi connectivity index (χ0) is 33.9. The Morgan fingerprint density at radius 1 is 0.958 bits per heavy atom. The number of phenolic OH excluding ortho intramolecular Hbond substituents is 1. The number of rotatable bonds is 10. The van der Waals surface area contributed by atoms with E-state index in [0.29, 0.717) is 29.6 Å². The molecule has 2 aliphatic rings. The first-order valence-corrected chi connectivity index (χ1v) is 20.0. The summed E-state index contributed by atoms with van der Waals surface area (Å²) in [5.74, 6) is 0.0289. The highest BCUT2D eigenvalue weighted by Crippen LogP contribution is 2.42. The molecule has 3 heterocycles. The summed E-state index contributed by atoms with van der Waals surface area (Å²) in [5.41, 5.74) is 3.69. The van der Waals surface area contributed by atoms with Crippen molar-refractivity contribution in [2.45, 2.75) is 56.3 Å². The number of nitrogens with zero attached hydrogens (tertiary/aromatic N) is 1. The number of hydrogen-bond donors (Lipinski definition) is 2. The van der Waals surface area contributed by atoms with Gasteiger partial charge in [-0.25, -0.2) is 8.42 Å². The Morgan fingerprint density at radius 2 is 1.58 bits per heavy atom. The molecule has 7 nitrogen and oxygen atoms in total. The Labute approximate surface area is 285 Å². The molecule has 0 spiro atoms. The molecule has 0 bridgehead atoms. The zero-order valence-corrected chi connectivity index (χ0v) is 29.4. The summed E-state index contributed by atoms with van der Waals surface area (Å²) in [5, 5.41) is 22.4. The van der Waals surface area contributed by atoms with Crippen LogP contribution in [0.4, 0.5) is 0 Å². The molecule has 248 valence electrons. The molecule has 4 aromatic rings. The van der Waals surface area contributed by atoms with Crippen molar-refractivity contribution in [3.63, 3.8) is 0 Å². The van der Waals surface area contributed by atoms with Crippen LogP contribution in [-0.4, -0.2) is 62.7 Å². The predicted molar refractivity (Wildman–Crippen MR) is 195 cm³/mol. The second-order valence-corrected chi connectivity index (χ2v) is 20.1. The summed E-state index contributed by atoms with van der Waals surface area (Å²) in [7, 11) is -7.72. The second kappa shape index (κ2) is 14.0. The van der Waals surface area contributed by atoms with E-state index in [9.17, 15) is 18.5 Å².